The molecule has 0 radical (unpaired) electrons. The monoisotopic (exact) mass is 177 g/mol. The molecule has 0 bridgehead atoms. The first-order chi connectivity index (χ1) is 6.20. The molecule has 1 amide bonds. The maximum atomic E-state index is 10.8. The number of carbonyl (C=O) groups is 1. The van der Waals surface area contributed by atoms with Gasteiger partial charge < -0.3 is 10.5 Å². The molecular weight excluding hydrogens is 166 g/mol. The molecule has 2 atom stereocenters. The molecule has 1 heterocycles. The fourth-order valence-corrected chi connectivity index (χ4v) is 1.47. The van der Waals surface area contributed by atoms with Crippen molar-refractivity contribution in [2.75, 3.05) is 0 Å². The second kappa shape index (κ2) is 2.85. The topological polar surface area (TPSA) is 55.6 Å². The van der Waals surface area contributed by atoms with Crippen molar-refractivity contribution in [1.29, 1.82) is 0 Å². The summed E-state index contributed by atoms with van der Waals surface area (Å²) in [5, 5.41) is 0. The first-order valence-electron chi connectivity index (χ1n) is 4.20. The molecule has 1 aromatic carbocycles. The van der Waals surface area contributed by atoms with Crippen molar-refractivity contribution in [3.8, 4) is 0 Å². The number of hydrogen-bond acceptors (Lipinski definition) is 2. The average molecular weight is 177 g/mol. The molecule has 3 nitrogen and oxygen atoms in total. The zero-order valence-corrected chi connectivity index (χ0v) is 7.36. The number of carbonyl (C=O) groups excluding carboxylic acids is 1. The number of rotatable bonds is 2. The molecule has 3 heteroatoms. The molecule has 0 unspecified atom stereocenters. The first kappa shape index (κ1) is 8.26. The summed E-state index contributed by atoms with van der Waals surface area (Å²) >= 11 is 0. The molecule has 0 aromatic heterocycles. The van der Waals surface area contributed by atoms with Gasteiger partial charge in [0.15, 0.2) is 6.10 Å². The van der Waals surface area contributed by atoms with E-state index in [4.69, 9.17) is 10.5 Å². The van der Waals surface area contributed by atoms with Gasteiger partial charge in [-0.05, 0) is 18.1 Å². The van der Waals surface area contributed by atoms with Gasteiger partial charge in [0, 0.05) is 0 Å². The summed E-state index contributed by atoms with van der Waals surface area (Å²) in [7, 11) is 0. The molecule has 2 rings (SSSR count). The SMILES string of the molecule is Cc1ccccc1[C@@H]1O[C@H]1C(N)=O. The van der Waals surface area contributed by atoms with Gasteiger partial charge in [-0.1, -0.05) is 24.3 Å². The van der Waals surface area contributed by atoms with E-state index in [2.05, 4.69) is 0 Å². The standard InChI is InChI=1S/C10H11NO2/c1-6-4-2-3-5-7(6)8-9(13-8)10(11)12/h2-5,8-9H,1H3,(H2,11,12)/t8-,9+/m0/s1. The average Bonchev–Trinajstić information content (AvgIpc) is 2.84. The van der Waals surface area contributed by atoms with E-state index in [0.717, 1.165) is 11.1 Å². The number of hydrogen-bond donors (Lipinski definition) is 1. The fraction of sp³-hybridized carbons (Fsp3) is 0.300. The van der Waals surface area contributed by atoms with Crippen molar-refractivity contribution < 1.29 is 9.53 Å². The summed E-state index contributed by atoms with van der Waals surface area (Å²) in [5.74, 6) is -0.381. The van der Waals surface area contributed by atoms with Gasteiger partial charge in [-0.2, -0.15) is 0 Å². The lowest BCUT2D eigenvalue weighted by atomic mass is 10.0. The Labute approximate surface area is 76.5 Å². The molecule has 0 spiro atoms. The summed E-state index contributed by atoms with van der Waals surface area (Å²) in [4.78, 5) is 10.8. The van der Waals surface area contributed by atoms with Gasteiger partial charge >= 0.3 is 0 Å². The molecule has 1 saturated heterocycles. The zero-order chi connectivity index (χ0) is 9.42. The Hall–Kier alpha value is -1.35. The van der Waals surface area contributed by atoms with E-state index < -0.39 is 6.10 Å². The van der Waals surface area contributed by atoms with Crippen molar-refractivity contribution in [3.05, 3.63) is 35.4 Å². The van der Waals surface area contributed by atoms with Crippen LogP contribution in [0.3, 0.4) is 0 Å². The lowest BCUT2D eigenvalue weighted by Crippen LogP contribution is -2.18. The molecule has 0 saturated carbocycles. The van der Waals surface area contributed by atoms with Crippen molar-refractivity contribution in [3.63, 3.8) is 0 Å². The first-order valence-corrected chi connectivity index (χ1v) is 4.20. The van der Waals surface area contributed by atoms with Gasteiger partial charge in [-0.3, -0.25) is 4.79 Å². The number of aryl methyl sites for hydroxylation is 1. The number of ether oxygens (including phenoxy) is 1. The molecule has 2 N–H and O–H groups in total. The van der Waals surface area contributed by atoms with Gasteiger partial charge in [-0.25, -0.2) is 0 Å². The molecule has 1 aliphatic heterocycles. The van der Waals surface area contributed by atoms with Crippen molar-refractivity contribution in [1.82, 2.24) is 0 Å². The number of nitrogens with two attached hydrogens (primary N) is 1. The summed E-state index contributed by atoms with van der Waals surface area (Å²) in [6, 6.07) is 7.85. The third-order valence-corrected chi connectivity index (χ3v) is 2.27. The number of amides is 1. The number of benzene rings is 1. The van der Waals surface area contributed by atoms with Crippen molar-refractivity contribution in [2.45, 2.75) is 19.1 Å². The third-order valence-electron chi connectivity index (χ3n) is 2.27. The minimum Gasteiger partial charge on any atom is -0.367 e. The van der Waals surface area contributed by atoms with Crippen LogP contribution in [0.4, 0.5) is 0 Å². The Bertz CT molecular complexity index is 349. The molecule has 1 aromatic rings. The lowest BCUT2D eigenvalue weighted by molar-refractivity contribution is -0.119. The Balaban J connectivity index is 2.21. The van der Waals surface area contributed by atoms with Crippen LogP contribution in [0.2, 0.25) is 0 Å². The second-order valence-corrected chi connectivity index (χ2v) is 3.24. The van der Waals surface area contributed by atoms with Crippen molar-refractivity contribution >= 4 is 5.91 Å². The minimum atomic E-state index is -0.416. The van der Waals surface area contributed by atoms with Crippen LogP contribution in [0.5, 0.6) is 0 Å². The van der Waals surface area contributed by atoms with Gasteiger partial charge in [-0.15, -0.1) is 0 Å². The molecule has 1 aliphatic rings. The Morgan fingerprint density at radius 3 is 2.69 bits per heavy atom. The Morgan fingerprint density at radius 2 is 2.15 bits per heavy atom. The molecular formula is C10H11NO2. The summed E-state index contributed by atoms with van der Waals surface area (Å²) < 4.78 is 5.17. The maximum absolute atomic E-state index is 10.8. The van der Waals surface area contributed by atoms with Crippen LogP contribution in [0.25, 0.3) is 0 Å². The third kappa shape index (κ3) is 1.42. The Kier molecular flexibility index (Phi) is 1.81. The summed E-state index contributed by atoms with van der Waals surface area (Å²) in [6.07, 6.45) is -0.528. The Morgan fingerprint density at radius 1 is 1.46 bits per heavy atom. The second-order valence-electron chi connectivity index (χ2n) is 3.24. The highest BCUT2D eigenvalue weighted by Crippen LogP contribution is 2.39. The number of primary amides is 1. The smallest absolute Gasteiger partial charge is 0.249 e. The fourth-order valence-electron chi connectivity index (χ4n) is 1.47. The van der Waals surface area contributed by atoms with E-state index in [1.807, 2.05) is 31.2 Å². The quantitative estimate of drug-likeness (QED) is 0.683. The van der Waals surface area contributed by atoms with Crippen LogP contribution in [-0.4, -0.2) is 12.0 Å². The molecule has 1 fully saturated rings. The predicted molar refractivity (Wildman–Crippen MR) is 48.0 cm³/mol. The largest absolute Gasteiger partial charge is 0.367 e. The van der Waals surface area contributed by atoms with E-state index in [1.54, 1.807) is 0 Å². The minimum absolute atomic E-state index is 0.112. The van der Waals surface area contributed by atoms with E-state index in [9.17, 15) is 4.79 Å². The van der Waals surface area contributed by atoms with Crippen LogP contribution in [0.1, 0.15) is 17.2 Å². The van der Waals surface area contributed by atoms with E-state index >= 15 is 0 Å². The van der Waals surface area contributed by atoms with Gasteiger partial charge in [0.2, 0.25) is 5.91 Å². The van der Waals surface area contributed by atoms with Gasteiger partial charge in [0.1, 0.15) is 6.10 Å². The highest BCUT2D eigenvalue weighted by molar-refractivity contribution is 5.82. The van der Waals surface area contributed by atoms with Gasteiger partial charge in [0.25, 0.3) is 0 Å². The van der Waals surface area contributed by atoms with Crippen LogP contribution in [0.15, 0.2) is 24.3 Å². The summed E-state index contributed by atoms with van der Waals surface area (Å²) in [6.45, 7) is 2.00. The zero-order valence-electron chi connectivity index (χ0n) is 7.36. The van der Waals surface area contributed by atoms with E-state index in [0.29, 0.717) is 0 Å². The normalized spacial score (nSPS) is 25.6. The highest BCUT2D eigenvalue weighted by Gasteiger charge is 2.45. The van der Waals surface area contributed by atoms with Crippen LogP contribution < -0.4 is 5.73 Å². The van der Waals surface area contributed by atoms with E-state index in [-0.39, 0.29) is 12.0 Å². The predicted octanol–water partition coefficient (Wildman–Crippen LogP) is 0.920. The van der Waals surface area contributed by atoms with Crippen LogP contribution in [-0.2, 0) is 9.53 Å². The molecule has 13 heavy (non-hydrogen) atoms. The maximum Gasteiger partial charge on any atom is 0.249 e. The lowest BCUT2D eigenvalue weighted by Gasteiger charge is -1.99. The van der Waals surface area contributed by atoms with E-state index in [1.165, 1.54) is 0 Å². The molecule has 0 aliphatic carbocycles. The highest BCUT2D eigenvalue weighted by atomic mass is 16.6. The van der Waals surface area contributed by atoms with Crippen molar-refractivity contribution in [2.24, 2.45) is 5.73 Å². The van der Waals surface area contributed by atoms with Crippen LogP contribution in [0, 0.1) is 6.92 Å². The van der Waals surface area contributed by atoms with Crippen LogP contribution >= 0.6 is 0 Å². The number of epoxide rings is 1. The molecule has 68 valence electrons. The summed E-state index contributed by atoms with van der Waals surface area (Å²) in [5.41, 5.74) is 7.31. The van der Waals surface area contributed by atoms with Gasteiger partial charge in [0.05, 0.1) is 0 Å².